The maximum absolute atomic E-state index is 5.10. The number of nitrogens with one attached hydrogen (secondary N) is 1. The van der Waals surface area contributed by atoms with E-state index < -0.39 is 0 Å². The topological polar surface area (TPSA) is 39.1 Å². The van der Waals surface area contributed by atoms with Gasteiger partial charge in [0.2, 0.25) is 5.95 Å². The summed E-state index contributed by atoms with van der Waals surface area (Å²) < 4.78 is 7.30. The molecular weight excluding hydrogens is 226 g/mol. The summed E-state index contributed by atoms with van der Waals surface area (Å²) in [7, 11) is 1.74. The van der Waals surface area contributed by atoms with Gasteiger partial charge in [-0.05, 0) is 26.2 Å². The minimum atomic E-state index is 0.526. The van der Waals surface area contributed by atoms with Gasteiger partial charge in [-0.3, -0.25) is 0 Å². The van der Waals surface area contributed by atoms with Gasteiger partial charge in [0.25, 0.3) is 0 Å². The Kier molecular flexibility index (Phi) is 6.80. The number of methoxy groups -OCH3 is 1. The molecule has 18 heavy (non-hydrogen) atoms. The standard InChI is InChI=1S/C14H27N3O/c1-5-8-13(6-2)16-14-15-12(3)11-17(14)9-7-10-18-4/h11,13H,5-10H2,1-4H3,(H,15,16). The van der Waals surface area contributed by atoms with Crippen molar-refractivity contribution < 1.29 is 4.74 Å². The molecule has 0 radical (unpaired) electrons. The first-order chi connectivity index (χ1) is 8.71. The SMILES string of the molecule is CCCC(CC)Nc1nc(C)cn1CCCOC. The first-order valence-electron chi connectivity index (χ1n) is 7.00. The van der Waals surface area contributed by atoms with Gasteiger partial charge in [0.15, 0.2) is 0 Å². The fourth-order valence-electron chi connectivity index (χ4n) is 2.12. The molecule has 0 aliphatic heterocycles. The van der Waals surface area contributed by atoms with Crippen molar-refractivity contribution in [3.8, 4) is 0 Å². The minimum Gasteiger partial charge on any atom is -0.385 e. The van der Waals surface area contributed by atoms with E-state index in [1.54, 1.807) is 7.11 Å². The lowest BCUT2D eigenvalue weighted by Gasteiger charge is -2.17. The number of imidazole rings is 1. The van der Waals surface area contributed by atoms with Crippen LogP contribution in [0.1, 0.15) is 45.2 Å². The molecule has 0 fully saturated rings. The highest BCUT2D eigenvalue weighted by Gasteiger charge is 2.10. The van der Waals surface area contributed by atoms with Gasteiger partial charge in [-0.25, -0.2) is 4.98 Å². The van der Waals surface area contributed by atoms with E-state index in [1.165, 1.54) is 12.8 Å². The normalized spacial score (nSPS) is 12.7. The molecule has 0 aliphatic rings. The van der Waals surface area contributed by atoms with Gasteiger partial charge in [0, 0.05) is 32.5 Å². The summed E-state index contributed by atoms with van der Waals surface area (Å²) in [6, 6.07) is 0.526. The number of ether oxygens (including phenoxy) is 1. The monoisotopic (exact) mass is 253 g/mol. The van der Waals surface area contributed by atoms with E-state index in [1.807, 2.05) is 6.92 Å². The number of hydrogen-bond donors (Lipinski definition) is 1. The molecule has 0 spiro atoms. The van der Waals surface area contributed by atoms with E-state index >= 15 is 0 Å². The summed E-state index contributed by atoms with van der Waals surface area (Å²) >= 11 is 0. The third kappa shape index (κ3) is 4.69. The second-order valence-corrected chi connectivity index (χ2v) is 4.78. The first-order valence-corrected chi connectivity index (χ1v) is 7.00. The van der Waals surface area contributed by atoms with Gasteiger partial charge in [-0.2, -0.15) is 0 Å². The number of nitrogens with zero attached hydrogens (tertiary/aromatic N) is 2. The van der Waals surface area contributed by atoms with Crippen LogP contribution in [0.5, 0.6) is 0 Å². The van der Waals surface area contributed by atoms with Gasteiger partial charge in [0.1, 0.15) is 0 Å². The Hall–Kier alpha value is -1.03. The highest BCUT2D eigenvalue weighted by molar-refractivity contribution is 5.30. The second kappa shape index (κ2) is 8.14. The molecule has 1 aromatic rings. The van der Waals surface area contributed by atoms with Crippen LogP contribution in [0.25, 0.3) is 0 Å². The molecule has 1 unspecified atom stereocenters. The van der Waals surface area contributed by atoms with Crippen molar-refractivity contribution in [2.24, 2.45) is 0 Å². The van der Waals surface area contributed by atoms with Gasteiger partial charge in [0.05, 0.1) is 5.69 Å². The van der Waals surface area contributed by atoms with E-state index in [4.69, 9.17) is 4.74 Å². The predicted molar refractivity (Wildman–Crippen MR) is 76.1 cm³/mol. The minimum absolute atomic E-state index is 0.526. The molecule has 0 amide bonds. The molecule has 0 saturated carbocycles. The number of rotatable bonds is 9. The summed E-state index contributed by atoms with van der Waals surface area (Å²) in [6.07, 6.45) is 6.66. The van der Waals surface area contributed by atoms with Gasteiger partial charge >= 0.3 is 0 Å². The van der Waals surface area contributed by atoms with Crippen LogP contribution in [-0.4, -0.2) is 29.3 Å². The van der Waals surface area contributed by atoms with Crippen LogP contribution in [0.4, 0.5) is 5.95 Å². The van der Waals surface area contributed by atoms with Crippen molar-refractivity contribution in [1.82, 2.24) is 9.55 Å². The van der Waals surface area contributed by atoms with Crippen LogP contribution >= 0.6 is 0 Å². The zero-order valence-electron chi connectivity index (χ0n) is 12.2. The Morgan fingerprint density at radius 1 is 1.44 bits per heavy atom. The van der Waals surface area contributed by atoms with Crippen LogP contribution in [0.2, 0.25) is 0 Å². The molecule has 0 saturated heterocycles. The fraction of sp³-hybridized carbons (Fsp3) is 0.786. The molecule has 1 rings (SSSR count). The lowest BCUT2D eigenvalue weighted by molar-refractivity contribution is 0.190. The van der Waals surface area contributed by atoms with Crippen molar-refractivity contribution in [2.75, 3.05) is 19.0 Å². The largest absolute Gasteiger partial charge is 0.385 e. The molecule has 0 aliphatic carbocycles. The average Bonchev–Trinajstić information content (AvgIpc) is 2.69. The molecule has 4 heteroatoms. The van der Waals surface area contributed by atoms with Crippen LogP contribution in [-0.2, 0) is 11.3 Å². The van der Waals surface area contributed by atoms with E-state index in [-0.39, 0.29) is 0 Å². The number of anilines is 1. The molecule has 0 aromatic carbocycles. The molecule has 0 bridgehead atoms. The van der Waals surface area contributed by atoms with Crippen molar-refractivity contribution in [3.63, 3.8) is 0 Å². The van der Waals surface area contributed by atoms with E-state index in [9.17, 15) is 0 Å². The molecule has 1 heterocycles. The second-order valence-electron chi connectivity index (χ2n) is 4.78. The van der Waals surface area contributed by atoms with Gasteiger partial charge < -0.3 is 14.6 Å². The van der Waals surface area contributed by atoms with Crippen LogP contribution < -0.4 is 5.32 Å². The zero-order chi connectivity index (χ0) is 13.4. The average molecular weight is 253 g/mol. The molecule has 104 valence electrons. The summed E-state index contributed by atoms with van der Waals surface area (Å²) in [4.78, 5) is 4.57. The van der Waals surface area contributed by atoms with E-state index in [2.05, 4.69) is 34.9 Å². The summed E-state index contributed by atoms with van der Waals surface area (Å²) in [5.74, 6) is 1.00. The maximum atomic E-state index is 5.10. The third-order valence-corrected chi connectivity index (χ3v) is 3.11. The lowest BCUT2D eigenvalue weighted by Crippen LogP contribution is -2.21. The zero-order valence-corrected chi connectivity index (χ0v) is 12.2. The van der Waals surface area contributed by atoms with E-state index in [0.29, 0.717) is 6.04 Å². The van der Waals surface area contributed by atoms with Gasteiger partial charge in [-0.15, -0.1) is 0 Å². The quantitative estimate of drug-likeness (QED) is 0.687. The predicted octanol–water partition coefficient (Wildman–Crippen LogP) is 3.22. The van der Waals surface area contributed by atoms with Crippen molar-refractivity contribution in [1.29, 1.82) is 0 Å². The van der Waals surface area contributed by atoms with Gasteiger partial charge in [-0.1, -0.05) is 20.3 Å². The number of aromatic nitrogens is 2. The Balaban J connectivity index is 2.62. The van der Waals surface area contributed by atoms with Crippen LogP contribution in [0.3, 0.4) is 0 Å². The fourth-order valence-corrected chi connectivity index (χ4v) is 2.12. The van der Waals surface area contributed by atoms with Crippen molar-refractivity contribution in [3.05, 3.63) is 11.9 Å². The molecule has 4 nitrogen and oxygen atoms in total. The highest BCUT2D eigenvalue weighted by Crippen LogP contribution is 2.14. The number of hydrogen-bond acceptors (Lipinski definition) is 3. The third-order valence-electron chi connectivity index (χ3n) is 3.11. The first kappa shape index (κ1) is 15.0. The summed E-state index contributed by atoms with van der Waals surface area (Å²) in [5.41, 5.74) is 1.07. The molecule has 1 atom stereocenters. The number of aryl methyl sites for hydroxylation is 2. The smallest absolute Gasteiger partial charge is 0.203 e. The molecular formula is C14H27N3O. The van der Waals surface area contributed by atoms with Crippen LogP contribution in [0.15, 0.2) is 6.20 Å². The molecule has 1 N–H and O–H groups in total. The summed E-state index contributed by atoms with van der Waals surface area (Å²) in [6.45, 7) is 8.24. The lowest BCUT2D eigenvalue weighted by atomic mass is 10.1. The van der Waals surface area contributed by atoms with E-state index in [0.717, 1.165) is 37.6 Å². The Bertz CT molecular complexity index is 336. The Labute approximate surface area is 111 Å². The van der Waals surface area contributed by atoms with Crippen molar-refractivity contribution in [2.45, 2.75) is 59.0 Å². The highest BCUT2D eigenvalue weighted by atomic mass is 16.5. The molecule has 1 aromatic heterocycles. The maximum Gasteiger partial charge on any atom is 0.203 e. The Morgan fingerprint density at radius 2 is 2.22 bits per heavy atom. The van der Waals surface area contributed by atoms with Crippen molar-refractivity contribution >= 4 is 5.95 Å². The Morgan fingerprint density at radius 3 is 2.83 bits per heavy atom. The van der Waals surface area contributed by atoms with Crippen LogP contribution in [0, 0.1) is 6.92 Å². The summed E-state index contributed by atoms with van der Waals surface area (Å²) in [5, 5.41) is 3.56.